The Morgan fingerprint density at radius 1 is 1.21 bits per heavy atom. The Balaban J connectivity index is 1.49. The van der Waals surface area contributed by atoms with Crippen molar-refractivity contribution in [3.63, 3.8) is 0 Å². The third-order valence-electron chi connectivity index (χ3n) is 4.88. The van der Waals surface area contributed by atoms with Crippen molar-refractivity contribution in [1.82, 2.24) is 9.80 Å². The van der Waals surface area contributed by atoms with Gasteiger partial charge < -0.3 is 14.4 Å². The van der Waals surface area contributed by atoms with Gasteiger partial charge in [0.2, 0.25) is 0 Å². The molecule has 2 aliphatic heterocycles. The zero-order valence-corrected chi connectivity index (χ0v) is 15.7. The molecule has 2 atom stereocenters. The number of benzene rings is 1. The maximum absolute atomic E-state index is 12.4. The molecule has 1 aromatic carbocycles. The highest BCUT2D eigenvalue weighted by Gasteiger charge is 2.31. The van der Waals surface area contributed by atoms with Gasteiger partial charge in [-0.15, -0.1) is 0 Å². The Morgan fingerprint density at radius 2 is 1.92 bits per heavy atom. The number of carbonyl (C=O) groups is 1. The molecule has 0 N–H and O–H groups in total. The molecule has 6 heteroatoms. The van der Waals surface area contributed by atoms with Crippen LogP contribution in [-0.2, 0) is 9.47 Å². The summed E-state index contributed by atoms with van der Waals surface area (Å²) in [5.74, 6) is 0. The van der Waals surface area contributed by atoms with Crippen molar-refractivity contribution in [2.45, 2.75) is 31.9 Å². The van der Waals surface area contributed by atoms with Gasteiger partial charge in [-0.3, -0.25) is 4.90 Å². The van der Waals surface area contributed by atoms with E-state index in [9.17, 15) is 4.79 Å². The normalized spacial score (nSPS) is 23.8. The number of hydrogen-bond acceptors (Lipinski definition) is 4. The van der Waals surface area contributed by atoms with Gasteiger partial charge in [-0.1, -0.05) is 28.1 Å². The van der Waals surface area contributed by atoms with E-state index in [1.807, 2.05) is 29.2 Å². The molecule has 0 spiro atoms. The van der Waals surface area contributed by atoms with E-state index in [4.69, 9.17) is 9.47 Å². The standard InChI is InChI=1S/C18H25BrN2O3/c1-14(15-2-4-16(19)5-3-15)21-9-7-17(24-18(21)22)6-8-20-10-12-23-13-11-20/h2-5,14,17H,6-13H2,1H3. The van der Waals surface area contributed by atoms with Crippen molar-refractivity contribution < 1.29 is 14.3 Å². The number of carbonyl (C=O) groups excluding carboxylic acids is 1. The van der Waals surface area contributed by atoms with Crippen LogP contribution in [0.15, 0.2) is 28.7 Å². The van der Waals surface area contributed by atoms with Crippen molar-refractivity contribution in [3.8, 4) is 0 Å². The largest absolute Gasteiger partial charge is 0.446 e. The number of hydrogen-bond donors (Lipinski definition) is 0. The second kappa shape index (κ2) is 8.32. The highest BCUT2D eigenvalue weighted by Crippen LogP contribution is 2.27. The van der Waals surface area contributed by atoms with E-state index < -0.39 is 0 Å². The molecule has 0 saturated carbocycles. The fourth-order valence-electron chi connectivity index (χ4n) is 3.27. The summed E-state index contributed by atoms with van der Waals surface area (Å²) in [4.78, 5) is 16.6. The SMILES string of the molecule is CC(c1ccc(Br)cc1)N1CCC(CCN2CCOCC2)OC1=O. The molecule has 3 rings (SSSR count). The first-order valence-corrected chi connectivity index (χ1v) is 9.45. The van der Waals surface area contributed by atoms with Crippen LogP contribution in [0.25, 0.3) is 0 Å². The summed E-state index contributed by atoms with van der Waals surface area (Å²) in [5, 5.41) is 0. The number of morpholine rings is 1. The number of ether oxygens (including phenoxy) is 2. The molecule has 5 nitrogen and oxygen atoms in total. The van der Waals surface area contributed by atoms with Gasteiger partial charge >= 0.3 is 6.09 Å². The fraction of sp³-hybridized carbons (Fsp3) is 0.611. The van der Waals surface area contributed by atoms with Crippen LogP contribution in [0.2, 0.25) is 0 Å². The van der Waals surface area contributed by atoms with Gasteiger partial charge in [-0.25, -0.2) is 4.79 Å². The quantitative estimate of drug-likeness (QED) is 0.764. The number of amides is 1. The van der Waals surface area contributed by atoms with Crippen LogP contribution in [0.4, 0.5) is 4.79 Å². The van der Waals surface area contributed by atoms with Crippen LogP contribution in [0.1, 0.15) is 31.4 Å². The van der Waals surface area contributed by atoms with Crippen LogP contribution in [0.5, 0.6) is 0 Å². The van der Waals surface area contributed by atoms with E-state index in [2.05, 4.69) is 27.8 Å². The zero-order chi connectivity index (χ0) is 16.9. The second-order valence-electron chi connectivity index (χ2n) is 6.46. The summed E-state index contributed by atoms with van der Waals surface area (Å²) in [6.45, 7) is 7.36. The van der Waals surface area contributed by atoms with Crippen LogP contribution in [0.3, 0.4) is 0 Å². The van der Waals surface area contributed by atoms with E-state index in [0.717, 1.165) is 62.3 Å². The predicted molar refractivity (Wildman–Crippen MR) is 96.0 cm³/mol. The lowest BCUT2D eigenvalue weighted by molar-refractivity contribution is -0.00355. The maximum Gasteiger partial charge on any atom is 0.410 e. The monoisotopic (exact) mass is 396 g/mol. The minimum atomic E-state index is -0.191. The molecule has 2 heterocycles. The smallest absolute Gasteiger partial charge is 0.410 e. The first-order chi connectivity index (χ1) is 11.6. The highest BCUT2D eigenvalue weighted by molar-refractivity contribution is 9.10. The van der Waals surface area contributed by atoms with Crippen LogP contribution < -0.4 is 0 Å². The van der Waals surface area contributed by atoms with E-state index >= 15 is 0 Å². The minimum Gasteiger partial charge on any atom is -0.446 e. The lowest BCUT2D eigenvalue weighted by Gasteiger charge is -2.36. The van der Waals surface area contributed by atoms with Gasteiger partial charge in [0.05, 0.1) is 19.3 Å². The van der Waals surface area contributed by atoms with Gasteiger partial charge in [0.25, 0.3) is 0 Å². The Hall–Kier alpha value is -1.11. The fourth-order valence-corrected chi connectivity index (χ4v) is 3.54. The van der Waals surface area contributed by atoms with E-state index in [1.54, 1.807) is 0 Å². The lowest BCUT2D eigenvalue weighted by atomic mass is 10.1. The van der Waals surface area contributed by atoms with Crippen LogP contribution >= 0.6 is 15.9 Å². The molecular formula is C18H25BrN2O3. The molecule has 2 fully saturated rings. The van der Waals surface area contributed by atoms with Crippen LogP contribution in [-0.4, -0.2) is 61.4 Å². The first-order valence-electron chi connectivity index (χ1n) is 8.66. The molecule has 0 radical (unpaired) electrons. The molecule has 132 valence electrons. The third kappa shape index (κ3) is 4.49. The van der Waals surface area contributed by atoms with Gasteiger partial charge in [-0.2, -0.15) is 0 Å². The van der Waals surface area contributed by atoms with E-state index in [-0.39, 0.29) is 18.2 Å². The Kier molecular flexibility index (Phi) is 6.14. The Morgan fingerprint density at radius 3 is 2.58 bits per heavy atom. The van der Waals surface area contributed by atoms with Gasteiger partial charge in [0.15, 0.2) is 0 Å². The minimum absolute atomic E-state index is 0.0331. The first kappa shape index (κ1) is 17.7. The summed E-state index contributed by atoms with van der Waals surface area (Å²) in [7, 11) is 0. The topological polar surface area (TPSA) is 42.0 Å². The van der Waals surface area contributed by atoms with E-state index in [1.165, 1.54) is 0 Å². The Bertz CT molecular complexity index is 546. The van der Waals surface area contributed by atoms with Crippen molar-refractivity contribution in [1.29, 1.82) is 0 Å². The molecule has 0 bridgehead atoms. The summed E-state index contributed by atoms with van der Waals surface area (Å²) in [6.07, 6.45) is 1.65. The summed E-state index contributed by atoms with van der Waals surface area (Å²) in [5.41, 5.74) is 1.13. The summed E-state index contributed by atoms with van der Waals surface area (Å²) < 4.78 is 12.1. The second-order valence-corrected chi connectivity index (χ2v) is 7.37. The maximum atomic E-state index is 12.4. The van der Waals surface area contributed by atoms with Gasteiger partial charge in [0.1, 0.15) is 6.10 Å². The van der Waals surface area contributed by atoms with Crippen molar-refractivity contribution in [2.24, 2.45) is 0 Å². The molecule has 2 unspecified atom stereocenters. The summed E-state index contributed by atoms with van der Waals surface area (Å²) >= 11 is 3.44. The number of nitrogens with zero attached hydrogens (tertiary/aromatic N) is 2. The van der Waals surface area contributed by atoms with Crippen LogP contribution in [0, 0.1) is 0 Å². The van der Waals surface area contributed by atoms with E-state index in [0.29, 0.717) is 0 Å². The molecule has 0 aromatic heterocycles. The average molecular weight is 397 g/mol. The van der Waals surface area contributed by atoms with Gasteiger partial charge in [0, 0.05) is 37.1 Å². The molecule has 1 aromatic rings. The van der Waals surface area contributed by atoms with Crippen molar-refractivity contribution >= 4 is 22.0 Å². The number of cyclic esters (lactones) is 1. The third-order valence-corrected chi connectivity index (χ3v) is 5.41. The van der Waals surface area contributed by atoms with Gasteiger partial charge in [-0.05, 0) is 31.0 Å². The molecule has 2 saturated heterocycles. The highest BCUT2D eigenvalue weighted by atomic mass is 79.9. The molecule has 2 aliphatic rings. The molecule has 1 amide bonds. The molecular weight excluding hydrogens is 372 g/mol. The molecule has 24 heavy (non-hydrogen) atoms. The molecule has 0 aliphatic carbocycles. The van der Waals surface area contributed by atoms with Crippen molar-refractivity contribution in [3.05, 3.63) is 34.3 Å². The number of rotatable bonds is 5. The predicted octanol–water partition coefficient (Wildman–Crippen LogP) is 3.44. The summed E-state index contributed by atoms with van der Waals surface area (Å²) in [6, 6.07) is 8.14. The zero-order valence-electron chi connectivity index (χ0n) is 14.1. The number of halogens is 1. The lowest BCUT2D eigenvalue weighted by Crippen LogP contribution is -2.45. The average Bonchev–Trinajstić information content (AvgIpc) is 2.61. The van der Waals surface area contributed by atoms with Crippen molar-refractivity contribution in [2.75, 3.05) is 39.4 Å². The Labute approximate surface area is 152 Å².